The highest BCUT2D eigenvalue weighted by atomic mass is 19.3. The molecule has 2 aliphatic rings. The molecular formula is C17H20F2N4O. The van der Waals surface area contributed by atoms with Gasteiger partial charge in [0.15, 0.2) is 0 Å². The highest BCUT2D eigenvalue weighted by Crippen LogP contribution is 2.28. The van der Waals surface area contributed by atoms with E-state index in [1.165, 1.54) is 0 Å². The number of ether oxygens (including phenoxy) is 1. The molecule has 3 heterocycles. The lowest BCUT2D eigenvalue weighted by Gasteiger charge is -2.26. The topological polar surface area (TPSA) is 41.5 Å². The molecule has 1 aromatic carbocycles. The Morgan fingerprint density at radius 2 is 2.00 bits per heavy atom. The summed E-state index contributed by atoms with van der Waals surface area (Å²) in [7, 11) is 0. The van der Waals surface area contributed by atoms with Crippen LogP contribution >= 0.6 is 0 Å². The number of rotatable bonds is 3. The molecule has 128 valence electrons. The molecule has 2 fully saturated rings. The molecule has 0 aliphatic carbocycles. The number of likely N-dealkylation sites (tertiary alicyclic amines) is 1. The minimum Gasteiger partial charge on any atom is -0.378 e. The summed E-state index contributed by atoms with van der Waals surface area (Å²) < 4.78 is 31.9. The number of fused-ring (bicyclic) bond motifs is 1. The third kappa shape index (κ3) is 3.32. The van der Waals surface area contributed by atoms with Gasteiger partial charge >= 0.3 is 0 Å². The largest absolute Gasteiger partial charge is 0.378 e. The Hall–Kier alpha value is -1.86. The van der Waals surface area contributed by atoms with Crippen molar-refractivity contribution in [2.24, 2.45) is 0 Å². The number of benzene rings is 1. The predicted octanol–water partition coefficient (Wildman–Crippen LogP) is 2.31. The molecule has 2 aromatic rings. The van der Waals surface area contributed by atoms with Crippen molar-refractivity contribution in [3.63, 3.8) is 0 Å². The number of aromatic nitrogens is 2. The van der Waals surface area contributed by atoms with Crippen LogP contribution in [0.5, 0.6) is 0 Å². The van der Waals surface area contributed by atoms with Gasteiger partial charge < -0.3 is 9.64 Å². The van der Waals surface area contributed by atoms with Gasteiger partial charge in [-0.3, -0.25) is 4.90 Å². The van der Waals surface area contributed by atoms with Gasteiger partial charge in [-0.2, -0.15) is 0 Å². The summed E-state index contributed by atoms with van der Waals surface area (Å²) in [5.41, 5.74) is 1.89. The van der Waals surface area contributed by atoms with E-state index in [4.69, 9.17) is 4.74 Å². The van der Waals surface area contributed by atoms with E-state index in [2.05, 4.69) is 14.9 Å². The van der Waals surface area contributed by atoms with E-state index in [1.54, 1.807) is 4.90 Å². The second-order valence-corrected chi connectivity index (χ2v) is 6.48. The van der Waals surface area contributed by atoms with Crippen LogP contribution in [0.25, 0.3) is 10.9 Å². The van der Waals surface area contributed by atoms with Crippen LogP contribution in [0.3, 0.4) is 0 Å². The monoisotopic (exact) mass is 334 g/mol. The molecule has 5 nitrogen and oxygen atoms in total. The first kappa shape index (κ1) is 15.7. The second kappa shape index (κ2) is 6.22. The van der Waals surface area contributed by atoms with Crippen LogP contribution in [-0.2, 0) is 11.3 Å². The van der Waals surface area contributed by atoms with E-state index in [0.29, 0.717) is 26.3 Å². The van der Waals surface area contributed by atoms with Gasteiger partial charge in [-0.05, 0) is 17.7 Å². The summed E-state index contributed by atoms with van der Waals surface area (Å²) in [4.78, 5) is 13.0. The smallest absolute Gasteiger partial charge is 0.261 e. The van der Waals surface area contributed by atoms with Crippen molar-refractivity contribution in [1.29, 1.82) is 0 Å². The van der Waals surface area contributed by atoms with Crippen LogP contribution in [-0.4, -0.2) is 60.2 Å². The highest BCUT2D eigenvalue weighted by molar-refractivity contribution is 5.79. The van der Waals surface area contributed by atoms with Crippen molar-refractivity contribution in [3.05, 3.63) is 30.0 Å². The van der Waals surface area contributed by atoms with Crippen LogP contribution < -0.4 is 4.90 Å². The van der Waals surface area contributed by atoms with E-state index in [-0.39, 0.29) is 13.0 Å². The quantitative estimate of drug-likeness (QED) is 0.862. The number of morpholine rings is 1. The first-order valence-electron chi connectivity index (χ1n) is 8.28. The maximum atomic E-state index is 13.3. The number of hydrogen-bond acceptors (Lipinski definition) is 5. The fourth-order valence-electron chi connectivity index (χ4n) is 3.29. The lowest BCUT2D eigenvalue weighted by Crippen LogP contribution is -2.37. The zero-order chi connectivity index (χ0) is 16.6. The molecule has 0 spiro atoms. The summed E-state index contributed by atoms with van der Waals surface area (Å²) in [6, 6.07) is 5.91. The number of nitrogens with zero attached hydrogens (tertiary/aromatic N) is 4. The molecule has 7 heteroatoms. The van der Waals surface area contributed by atoms with Crippen LogP contribution in [0.15, 0.2) is 24.4 Å². The average Bonchev–Trinajstić information content (AvgIpc) is 2.94. The number of halogens is 2. The van der Waals surface area contributed by atoms with E-state index >= 15 is 0 Å². The zero-order valence-electron chi connectivity index (χ0n) is 13.4. The maximum absolute atomic E-state index is 13.3. The Morgan fingerprint density at radius 1 is 1.17 bits per heavy atom. The van der Waals surface area contributed by atoms with E-state index in [0.717, 1.165) is 35.5 Å². The van der Waals surface area contributed by atoms with Gasteiger partial charge in [0.2, 0.25) is 5.95 Å². The van der Waals surface area contributed by atoms with Crippen LogP contribution in [0.2, 0.25) is 0 Å². The predicted molar refractivity (Wildman–Crippen MR) is 87.4 cm³/mol. The molecule has 1 aromatic heterocycles. The number of alkyl halides is 2. The summed E-state index contributed by atoms with van der Waals surface area (Å²) in [6.45, 7) is 3.81. The fourth-order valence-corrected chi connectivity index (χ4v) is 3.29. The summed E-state index contributed by atoms with van der Waals surface area (Å²) in [5.74, 6) is -1.83. The lowest BCUT2D eigenvalue weighted by molar-refractivity contribution is 0.0115. The van der Waals surface area contributed by atoms with Gasteiger partial charge in [0.25, 0.3) is 5.92 Å². The van der Waals surface area contributed by atoms with Crippen molar-refractivity contribution in [1.82, 2.24) is 14.9 Å². The van der Waals surface area contributed by atoms with Gasteiger partial charge in [0, 0.05) is 44.2 Å². The molecule has 0 bridgehead atoms. The SMILES string of the molecule is FC1(F)CCN(Cc2ccc3nc(N4CCOCC4)ncc3c2)C1. The average molecular weight is 334 g/mol. The van der Waals surface area contributed by atoms with Gasteiger partial charge in [0.05, 0.1) is 25.3 Å². The van der Waals surface area contributed by atoms with Crippen molar-refractivity contribution >= 4 is 16.9 Å². The minimum atomic E-state index is -2.55. The highest BCUT2D eigenvalue weighted by Gasteiger charge is 2.37. The standard InChI is InChI=1S/C17H20F2N4O/c18-17(19)3-4-22(12-17)11-13-1-2-15-14(9-13)10-20-16(21-15)23-5-7-24-8-6-23/h1-2,9-10H,3-8,11-12H2. The normalized spacial score (nSPS) is 21.5. The van der Waals surface area contributed by atoms with Crippen LogP contribution in [0.1, 0.15) is 12.0 Å². The molecule has 0 amide bonds. The van der Waals surface area contributed by atoms with Gasteiger partial charge in [-0.25, -0.2) is 18.7 Å². The van der Waals surface area contributed by atoms with Crippen molar-refractivity contribution < 1.29 is 13.5 Å². The Balaban J connectivity index is 1.51. The third-order valence-corrected chi connectivity index (χ3v) is 4.58. The van der Waals surface area contributed by atoms with E-state index in [1.807, 2.05) is 24.4 Å². The summed E-state index contributed by atoms with van der Waals surface area (Å²) in [6.07, 6.45) is 1.77. The van der Waals surface area contributed by atoms with Gasteiger partial charge in [-0.15, -0.1) is 0 Å². The minimum absolute atomic E-state index is 0.0490. The molecule has 4 rings (SSSR count). The van der Waals surface area contributed by atoms with Crippen LogP contribution in [0.4, 0.5) is 14.7 Å². The Labute approximate surface area is 139 Å². The first-order chi connectivity index (χ1) is 11.6. The molecule has 0 unspecified atom stereocenters. The molecular weight excluding hydrogens is 314 g/mol. The lowest BCUT2D eigenvalue weighted by atomic mass is 10.1. The molecule has 0 radical (unpaired) electrons. The third-order valence-electron chi connectivity index (χ3n) is 4.58. The zero-order valence-corrected chi connectivity index (χ0v) is 13.4. The molecule has 2 aliphatic heterocycles. The molecule has 2 saturated heterocycles. The molecule has 24 heavy (non-hydrogen) atoms. The number of anilines is 1. The Bertz CT molecular complexity index is 734. The Kier molecular flexibility index (Phi) is 4.05. The molecule has 0 saturated carbocycles. The van der Waals surface area contributed by atoms with E-state index < -0.39 is 5.92 Å². The van der Waals surface area contributed by atoms with Crippen molar-refractivity contribution in [2.45, 2.75) is 18.9 Å². The molecule has 0 N–H and O–H groups in total. The maximum Gasteiger partial charge on any atom is 0.261 e. The fraction of sp³-hybridized carbons (Fsp3) is 0.529. The summed E-state index contributed by atoms with van der Waals surface area (Å²) >= 11 is 0. The van der Waals surface area contributed by atoms with Crippen molar-refractivity contribution in [2.75, 3.05) is 44.3 Å². The first-order valence-corrected chi connectivity index (χ1v) is 8.28. The summed E-state index contributed by atoms with van der Waals surface area (Å²) in [5, 5.41) is 0.940. The second-order valence-electron chi connectivity index (χ2n) is 6.48. The van der Waals surface area contributed by atoms with Crippen LogP contribution in [0, 0.1) is 0 Å². The Morgan fingerprint density at radius 3 is 2.75 bits per heavy atom. The molecule has 0 atom stereocenters. The van der Waals surface area contributed by atoms with E-state index in [9.17, 15) is 8.78 Å². The van der Waals surface area contributed by atoms with Crippen molar-refractivity contribution in [3.8, 4) is 0 Å². The number of hydrogen-bond donors (Lipinski definition) is 0. The van der Waals surface area contributed by atoms with Gasteiger partial charge in [0.1, 0.15) is 0 Å². The van der Waals surface area contributed by atoms with Gasteiger partial charge in [-0.1, -0.05) is 6.07 Å².